The van der Waals surface area contributed by atoms with E-state index in [-0.39, 0.29) is 23.6 Å². The van der Waals surface area contributed by atoms with Crippen molar-refractivity contribution in [3.8, 4) is 5.75 Å². The van der Waals surface area contributed by atoms with Crippen molar-refractivity contribution in [3.05, 3.63) is 33.9 Å². The number of aliphatic hydroxyl groups is 1. The zero-order valence-electron chi connectivity index (χ0n) is 12.3. The molecule has 20 heavy (non-hydrogen) atoms. The molecule has 0 fully saturated rings. The summed E-state index contributed by atoms with van der Waals surface area (Å²) in [5.74, 6) is 0.185. The van der Waals surface area contributed by atoms with Gasteiger partial charge in [0, 0.05) is 17.6 Å². The van der Waals surface area contributed by atoms with Crippen molar-refractivity contribution in [2.24, 2.45) is 0 Å². The highest BCUT2D eigenvalue weighted by molar-refractivity contribution is 5.52. The van der Waals surface area contributed by atoms with Gasteiger partial charge in [-0.15, -0.1) is 0 Å². The molecule has 0 aliphatic rings. The highest BCUT2D eigenvalue weighted by atomic mass is 16.6. The van der Waals surface area contributed by atoms with E-state index in [0.29, 0.717) is 12.1 Å². The van der Waals surface area contributed by atoms with Gasteiger partial charge in [0.2, 0.25) is 0 Å². The summed E-state index contributed by atoms with van der Waals surface area (Å²) in [5.41, 5.74) is 0.384. The fourth-order valence-corrected chi connectivity index (χ4v) is 1.65. The Hall–Kier alpha value is -1.66. The molecule has 1 aromatic carbocycles. The van der Waals surface area contributed by atoms with Crippen molar-refractivity contribution in [1.82, 2.24) is 5.32 Å². The first-order chi connectivity index (χ1) is 9.20. The molecule has 1 rings (SSSR count). The molecule has 1 aromatic rings. The molecule has 0 spiro atoms. The molecule has 0 aliphatic heterocycles. The van der Waals surface area contributed by atoms with Gasteiger partial charge in [-0.3, -0.25) is 10.1 Å². The van der Waals surface area contributed by atoms with E-state index < -0.39 is 11.0 Å². The second-order valence-corrected chi connectivity index (χ2v) is 5.77. The minimum atomic E-state index is -0.727. The molecule has 0 saturated heterocycles. The molecule has 0 saturated carbocycles. The van der Waals surface area contributed by atoms with Crippen molar-refractivity contribution < 1.29 is 14.8 Å². The Morgan fingerprint density at radius 1 is 1.45 bits per heavy atom. The van der Waals surface area contributed by atoms with Gasteiger partial charge in [-0.2, -0.15) is 0 Å². The van der Waals surface area contributed by atoms with Crippen molar-refractivity contribution in [2.45, 2.75) is 39.3 Å². The molecular formula is C14H22N2O4. The molecule has 112 valence electrons. The summed E-state index contributed by atoms with van der Waals surface area (Å²) >= 11 is 0. The first-order valence-corrected chi connectivity index (χ1v) is 6.50. The minimum absolute atomic E-state index is 0.00731. The molecule has 0 aliphatic carbocycles. The van der Waals surface area contributed by atoms with Gasteiger partial charge in [0.15, 0.2) is 5.75 Å². The fourth-order valence-electron chi connectivity index (χ4n) is 1.65. The SMILES string of the molecule is Cc1cccc(OC[C@@H](O)CNC(C)(C)C)c1[N+](=O)[O-]. The molecule has 0 radical (unpaired) electrons. The van der Waals surface area contributed by atoms with Crippen LogP contribution in [0.15, 0.2) is 18.2 Å². The lowest BCUT2D eigenvalue weighted by Gasteiger charge is -2.22. The number of hydrogen-bond donors (Lipinski definition) is 2. The van der Waals surface area contributed by atoms with Crippen LogP contribution in [0.25, 0.3) is 0 Å². The number of nitrogens with zero attached hydrogens (tertiary/aromatic N) is 1. The summed E-state index contributed by atoms with van der Waals surface area (Å²) in [5, 5.41) is 24.0. The highest BCUT2D eigenvalue weighted by Gasteiger charge is 2.19. The first-order valence-electron chi connectivity index (χ1n) is 6.50. The monoisotopic (exact) mass is 282 g/mol. The Morgan fingerprint density at radius 2 is 2.10 bits per heavy atom. The summed E-state index contributed by atoms with van der Waals surface area (Å²) in [6, 6.07) is 4.88. The summed E-state index contributed by atoms with van der Waals surface area (Å²) in [6.07, 6.45) is -0.727. The lowest BCUT2D eigenvalue weighted by Crippen LogP contribution is -2.42. The number of nitro benzene ring substituents is 1. The maximum Gasteiger partial charge on any atom is 0.313 e. The van der Waals surface area contributed by atoms with E-state index in [2.05, 4.69) is 5.32 Å². The lowest BCUT2D eigenvalue weighted by atomic mass is 10.1. The predicted molar refractivity (Wildman–Crippen MR) is 77.1 cm³/mol. The van der Waals surface area contributed by atoms with E-state index in [0.717, 1.165) is 0 Å². The Labute approximate surface area is 118 Å². The number of nitrogens with one attached hydrogen (secondary N) is 1. The maximum absolute atomic E-state index is 11.0. The van der Waals surface area contributed by atoms with Gasteiger partial charge >= 0.3 is 5.69 Å². The number of aliphatic hydroxyl groups excluding tert-OH is 1. The lowest BCUT2D eigenvalue weighted by molar-refractivity contribution is -0.386. The summed E-state index contributed by atoms with van der Waals surface area (Å²) in [7, 11) is 0. The summed E-state index contributed by atoms with van der Waals surface area (Å²) in [6.45, 7) is 8.00. The van der Waals surface area contributed by atoms with Gasteiger partial charge in [0.25, 0.3) is 0 Å². The van der Waals surface area contributed by atoms with Gasteiger partial charge in [0.1, 0.15) is 12.7 Å². The number of aryl methyl sites for hydroxylation is 1. The normalized spacial score (nSPS) is 13.1. The standard InChI is InChI=1S/C14H22N2O4/c1-10-6-5-7-12(13(10)16(18)19)20-9-11(17)8-15-14(2,3)4/h5-7,11,15,17H,8-9H2,1-4H3/t11-/m0/s1. The van der Waals surface area contributed by atoms with E-state index in [4.69, 9.17) is 4.74 Å². The minimum Gasteiger partial charge on any atom is -0.484 e. The molecule has 0 amide bonds. The van der Waals surface area contributed by atoms with Crippen molar-refractivity contribution >= 4 is 5.69 Å². The molecule has 2 N–H and O–H groups in total. The Balaban J connectivity index is 2.62. The smallest absolute Gasteiger partial charge is 0.313 e. The fraction of sp³-hybridized carbons (Fsp3) is 0.571. The van der Waals surface area contributed by atoms with Crippen LogP contribution < -0.4 is 10.1 Å². The van der Waals surface area contributed by atoms with Gasteiger partial charge in [-0.25, -0.2) is 0 Å². The second-order valence-electron chi connectivity index (χ2n) is 5.77. The maximum atomic E-state index is 11.0. The molecular weight excluding hydrogens is 260 g/mol. The van der Waals surface area contributed by atoms with Crippen LogP contribution in [0.1, 0.15) is 26.3 Å². The van der Waals surface area contributed by atoms with E-state index in [1.807, 2.05) is 20.8 Å². The van der Waals surface area contributed by atoms with E-state index >= 15 is 0 Å². The summed E-state index contributed by atoms with van der Waals surface area (Å²) in [4.78, 5) is 10.5. The van der Waals surface area contributed by atoms with Crippen LogP contribution in [-0.2, 0) is 0 Å². The number of rotatable bonds is 6. The van der Waals surface area contributed by atoms with Crippen LogP contribution >= 0.6 is 0 Å². The Bertz CT molecular complexity index is 469. The van der Waals surface area contributed by atoms with Crippen LogP contribution in [0.4, 0.5) is 5.69 Å². The van der Waals surface area contributed by atoms with Crippen LogP contribution in [0.3, 0.4) is 0 Å². The molecule has 0 bridgehead atoms. The molecule has 1 atom stereocenters. The predicted octanol–water partition coefficient (Wildman–Crippen LogP) is 2.03. The van der Waals surface area contributed by atoms with Crippen LogP contribution in [0.2, 0.25) is 0 Å². The van der Waals surface area contributed by atoms with Crippen LogP contribution in [0.5, 0.6) is 5.75 Å². The van der Waals surface area contributed by atoms with Crippen molar-refractivity contribution in [1.29, 1.82) is 0 Å². The van der Waals surface area contributed by atoms with E-state index in [1.54, 1.807) is 19.1 Å². The van der Waals surface area contributed by atoms with Gasteiger partial charge in [-0.1, -0.05) is 12.1 Å². The third-order valence-electron chi connectivity index (χ3n) is 2.68. The Morgan fingerprint density at radius 3 is 2.65 bits per heavy atom. The third kappa shape index (κ3) is 5.14. The average Bonchev–Trinajstić information content (AvgIpc) is 2.32. The van der Waals surface area contributed by atoms with E-state index in [9.17, 15) is 15.2 Å². The quantitative estimate of drug-likeness (QED) is 0.616. The number of ether oxygens (including phenoxy) is 1. The highest BCUT2D eigenvalue weighted by Crippen LogP contribution is 2.30. The number of nitro groups is 1. The first kappa shape index (κ1) is 16.4. The number of benzene rings is 1. The third-order valence-corrected chi connectivity index (χ3v) is 2.68. The topological polar surface area (TPSA) is 84.6 Å². The van der Waals surface area contributed by atoms with Gasteiger partial charge in [-0.05, 0) is 33.8 Å². The van der Waals surface area contributed by atoms with Crippen LogP contribution in [-0.4, -0.2) is 34.8 Å². The van der Waals surface area contributed by atoms with Gasteiger partial charge < -0.3 is 15.2 Å². The van der Waals surface area contributed by atoms with E-state index in [1.165, 1.54) is 6.07 Å². The van der Waals surface area contributed by atoms with Gasteiger partial charge in [0.05, 0.1) is 4.92 Å². The zero-order valence-corrected chi connectivity index (χ0v) is 12.3. The Kier molecular flexibility index (Phi) is 5.47. The molecule has 6 nitrogen and oxygen atoms in total. The summed E-state index contributed by atoms with van der Waals surface area (Å²) < 4.78 is 5.37. The number of hydrogen-bond acceptors (Lipinski definition) is 5. The van der Waals surface area contributed by atoms with Crippen molar-refractivity contribution in [3.63, 3.8) is 0 Å². The number of para-hydroxylation sites is 1. The van der Waals surface area contributed by atoms with Crippen molar-refractivity contribution in [2.75, 3.05) is 13.2 Å². The largest absolute Gasteiger partial charge is 0.484 e. The average molecular weight is 282 g/mol. The molecule has 0 unspecified atom stereocenters. The second kappa shape index (κ2) is 6.67. The molecule has 6 heteroatoms. The zero-order chi connectivity index (χ0) is 15.3. The molecule has 0 aromatic heterocycles. The van der Waals surface area contributed by atoms with Crippen LogP contribution in [0, 0.1) is 17.0 Å². The number of β-amino-alcohol motifs (C(OH)–C–C–N with tert-alkyl or cyclic N) is 1. The molecule has 0 heterocycles.